The van der Waals surface area contributed by atoms with Crippen molar-refractivity contribution in [1.29, 1.82) is 0 Å². The van der Waals surface area contributed by atoms with E-state index in [1.165, 1.54) is 6.08 Å². The van der Waals surface area contributed by atoms with Crippen LogP contribution >= 0.6 is 15.9 Å². The number of aliphatic imine (C=N–C) groups is 1. The van der Waals surface area contributed by atoms with Crippen LogP contribution in [0.25, 0.3) is 0 Å². The largest absolute Gasteiger partial charge is 0.294 e. The Morgan fingerprint density at radius 1 is 1.36 bits per heavy atom. The molecule has 0 amide bonds. The number of hydrogen-bond acceptors (Lipinski definition) is 3. The predicted octanol–water partition coefficient (Wildman–Crippen LogP) is 2.36. The molecule has 0 aromatic heterocycles. The number of halogens is 1. The quantitative estimate of drug-likeness (QED) is 0.470. The Kier molecular flexibility index (Phi) is 4.23. The molecule has 0 spiro atoms. The molecule has 4 heteroatoms. The monoisotopic (exact) mass is 253 g/mol. The normalized spacial score (nSPS) is 9.21. The number of benzene rings is 1. The maximum Gasteiger partial charge on any atom is 0.234 e. The number of rotatable bonds is 4. The lowest BCUT2D eigenvalue weighted by molar-refractivity contribution is 0.0985. The number of nitrogens with zero attached hydrogens (tertiary/aromatic N) is 1. The second kappa shape index (κ2) is 5.47. The molecule has 0 radical (unpaired) electrons. The van der Waals surface area contributed by atoms with E-state index in [0.29, 0.717) is 5.56 Å². The van der Waals surface area contributed by atoms with Gasteiger partial charge in [0.25, 0.3) is 0 Å². The molecule has 0 bridgehead atoms. The molecule has 0 fully saturated rings. The van der Waals surface area contributed by atoms with E-state index in [1.54, 1.807) is 24.3 Å². The van der Waals surface area contributed by atoms with Crippen molar-refractivity contribution in [1.82, 2.24) is 0 Å². The van der Waals surface area contributed by atoms with Gasteiger partial charge >= 0.3 is 0 Å². The molecule has 0 aliphatic heterocycles. The molecule has 0 saturated carbocycles. The van der Waals surface area contributed by atoms with Crippen LogP contribution in [0.4, 0.5) is 0 Å². The Labute approximate surface area is 90.0 Å². The third kappa shape index (κ3) is 3.24. The zero-order valence-corrected chi connectivity index (χ0v) is 8.95. The van der Waals surface area contributed by atoms with Gasteiger partial charge in [-0.05, 0) is 12.1 Å². The van der Waals surface area contributed by atoms with E-state index in [1.807, 2.05) is 0 Å². The lowest BCUT2D eigenvalue weighted by Crippen LogP contribution is -2.00. The Hall–Kier alpha value is -1.25. The molecule has 0 atom stereocenters. The molecule has 1 aromatic carbocycles. The third-order valence-electron chi connectivity index (χ3n) is 1.68. The topological polar surface area (TPSA) is 46.5 Å². The van der Waals surface area contributed by atoms with Crippen LogP contribution in [-0.4, -0.2) is 18.4 Å². The molecule has 72 valence electrons. The van der Waals surface area contributed by atoms with Gasteiger partial charge < -0.3 is 0 Å². The van der Waals surface area contributed by atoms with Gasteiger partial charge in [-0.25, -0.2) is 9.79 Å². The molecule has 0 aliphatic carbocycles. The molecule has 0 N–H and O–H groups in total. The fraction of sp³-hybridized carbons (Fsp3) is 0.200. The minimum atomic E-state index is -0.0171. The van der Waals surface area contributed by atoms with Gasteiger partial charge in [0.15, 0.2) is 5.78 Å². The smallest absolute Gasteiger partial charge is 0.234 e. The summed E-state index contributed by atoms with van der Waals surface area (Å²) in [6.45, 7) is 0.207. The predicted molar refractivity (Wildman–Crippen MR) is 56.1 cm³/mol. The number of carbonyl (C=O) groups is 1. The van der Waals surface area contributed by atoms with Gasteiger partial charge in [0.05, 0.1) is 6.54 Å². The molecule has 0 aliphatic rings. The first kappa shape index (κ1) is 10.8. The van der Waals surface area contributed by atoms with E-state index in [-0.39, 0.29) is 18.7 Å². The van der Waals surface area contributed by atoms with Gasteiger partial charge in [-0.1, -0.05) is 28.1 Å². The van der Waals surface area contributed by atoms with Crippen molar-refractivity contribution >= 4 is 27.8 Å². The standard InChI is InChI=1S/C10H8BrNO2/c11-9-3-1-8(2-4-9)10(14)5-6-12-7-13/h1-4H,5-6H2. The summed E-state index contributed by atoms with van der Waals surface area (Å²) in [6.07, 6.45) is 1.65. The van der Waals surface area contributed by atoms with E-state index in [2.05, 4.69) is 20.9 Å². The van der Waals surface area contributed by atoms with Crippen LogP contribution in [0, 0.1) is 0 Å². The van der Waals surface area contributed by atoms with E-state index < -0.39 is 0 Å². The number of isocyanates is 1. The fourth-order valence-corrected chi connectivity index (χ4v) is 1.25. The first-order chi connectivity index (χ1) is 6.74. The summed E-state index contributed by atoms with van der Waals surface area (Å²) in [5.74, 6) is -0.0171. The van der Waals surface area contributed by atoms with Crippen molar-refractivity contribution in [3.8, 4) is 0 Å². The molecular formula is C10H8BrNO2. The van der Waals surface area contributed by atoms with E-state index in [9.17, 15) is 9.59 Å². The van der Waals surface area contributed by atoms with Crippen LogP contribution in [0.5, 0.6) is 0 Å². The Balaban J connectivity index is 2.60. The maximum atomic E-state index is 11.4. The molecular weight excluding hydrogens is 246 g/mol. The average molecular weight is 254 g/mol. The fourth-order valence-electron chi connectivity index (χ4n) is 0.983. The number of ketones is 1. The van der Waals surface area contributed by atoms with Crippen molar-refractivity contribution in [2.75, 3.05) is 6.54 Å². The third-order valence-corrected chi connectivity index (χ3v) is 2.21. The van der Waals surface area contributed by atoms with Gasteiger partial charge in [0, 0.05) is 16.5 Å². The van der Waals surface area contributed by atoms with Crippen LogP contribution in [0.15, 0.2) is 33.7 Å². The minimum absolute atomic E-state index is 0.0171. The first-order valence-corrected chi connectivity index (χ1v) is 4.85. The molecule has 1 aromatic rings. The van der Waals surface area contributed by atoms with Crippen molar-refractivity contribution in [3.05, 3.63) is 34.3 Å². The van der Waals surface area contributed by atoms with Gasteiger partial charge in [0.1, 0.15) is 0 Å². The summed E-state index contributed by atoms with van der Waals surface area (Å²) in [5.41, 5.74) is 0.634. The average Bonchev–Trinajstić information content (AvgIpc) is 2.19. The van der Waals surface area contributed by atoms with Crippen LogP contribution < -0.4 is 0 Å². The summed E-state index contributed by atoms with van der Waals surface area (Å²) in [6, 6.07) is 7.07. The van der Waals surface area contributed by atoms with E-state index in [4.69, 9.17) is 0 Å². The van der Waals surface area contributed by atoms with Crippen LogP contribution in [0.2, 0.25) is 0 Å². The molecule has 14 heavy (non-hydrogen) atoms. The lowest BCUT2D eigenvalue weighted by Gasteiger charge is -1.97. The highest BCUT2D eigenvalue weighted by molar-refractivity contribution is 9.10. The van der Waals surface area contributed by atoms with Gasteiger partial charge in [-0.2, -0.15) is 0 Å². The zero-order valence-electron chi connectivity index (χ0n) is 7.37. The summed E-state index contributed by atoms with van der Waals surface area (Å²) in [4.78, 5) is 24.5. The van der Waals surface area contributed by atoms with Crippen molar-refractivity contribution < 1.29 is 9.59 Å². The second-order valence-electron chi connectivity index (χ2n) is 2.65. The highest BCUT2D eigenvalue weighted by atomic mass is 79.9. The number of Topliss-reactive ketones (excluding diaryl/α,β-unsaturated/α-hetero) is 1. The Morgan fingerprint density at radius 3 is 2.57 bits per heavy atom. The zero-order chi connectivity index (χ0) is 10.4. The molecule has 0 heterocycles. The van der Waals surface area contributed by atoms with Crippen LogP contribution in [0.3, 0.4) is 0 Å². The summed E-state index contributed by atoms with van der Waals surface area (Å²) >= 11 is 3.28. The minimum Gasteiger partial charge on any atom is -0.294 e. The molecule has 0 unspecified atom stereocenters. The number of hydrogen-bond donors (Lipinski definition) is 0. The molecule has 1 rings (SSSR count). The Morgan fingerprint density at radius 2 is 2.00 bits per heavy atom. The van der Waals surface area contributed by atoms with Crippen molar-refractivity contribution in [3.63, 3.8) is 0 Å². The highest BCUT2D eigenvalue weighted by Crippen LogP contribution is 2.11. The molecule has 3 nitrogen and oxygen atoms in total. The van der Waals surface area contributed by atoms with Crippen LogP contribution in [0.1, 0.15) is 16.8 Å². The summed E-state index contributed by atoms with van der Waals surface area (Å²) < 4.78 is 0.931. The van der Waals surface area contributed by atoms with E-state index in [0.717, 1.165) is 4.47 Å². The second-order valence-corrected chi connectivity index (χ2v) is 3.57. The number of carbonyl (C=O) groups excluding carboxylic acids is 2. The maximum absolute atomic E-state index is 11.4. The summed E-state index contributed by atoms with van der Waals surface area (Å²) in [5, 5.41) is 0. The van der Waals surface area contributed by atoms with Gasteiger partial charge in [-0.15, -0.1) is 0 Å². The summed E-state index contributed by atoms with van der Waals surface area (Å²) in [7, 11) is 0. The highest BCUT2D eigenvalue weighted by Gasteiger charge is 2.03. The van der Waals surface area contributed by atoms with E-state index >= 15 is 0 Å². The first-order valence-electron chi connectivity index (χ1n) is 4.06. The van der Waals surface area contributed by atoms with Gasteiger partial charge in [0.2, 0.25) is 6.08 Å². The Bertz CT molecular complexity index is 366. The van der Waals surface area contributed by atoms with Crippen molar-refractivity contribution in [2.45, 2.75) is 6.42 Å². The van der Waals surface area contributed by atoms with Gasteiger partial charge in [-0.3, -0.25) is 4.79 Å². The van der Waals surface area contributed by atoms with Crippen LogP contribution in [-0.2, 0) is 4.79 Å². The van der Waals surface area contributed by atoms with Crippen molar-refractivity contribution in [2.24, 2.45) is 4.99 Å². The lowest BCUT2D eigenvalue weighted by atomic mass is 10.1. The SMILES string of the molecule is O=C=NCCC(=O)c1ccc(Br)cc1. The molecule has 0 saturated heterocycles.